The monoisotopic (exact) mass is 256 g/mol. The average Bonchev–Trinajstić information content (AvgIpc) is 2.57. The topological polar surface area (TPSA) is 69.7 Å². The molecule has 5 nitrogen and oxygen atoms in total. The number of halogens is 2. The minimum atomic E-state index is -3.59. The molecule has 3 unspecified atom stereocenters. The van der Waals surface area contributed by atoms with Gasteiger partial charge in [-0.1, -0.05) is 0 Å². The number of carbonyl (C=O) groups is 1. The van der Waals surface area contributed by atoms with Crippen molar-refractivity contribution < 1.29 is 31.5 Å². The summed E-state index contributed by atoms with van der Waals surface area (Å²) >= 11 is 0. The number of hydrogen-bond donors (Lipinski definition) is 0. The molecule has 2 rings (SSSR count). The molecule has 0 N–H and O–H groups in total. The molecule has 92 valence electrons. The summed E-state index contributed by atoms with van der Waals surface area (Å²) in [4.78, 5) is 10.9. The largest absolute Gasteiger partial charge is 0.431 e. The highest BCUT2D eigenvalue weighted by molar-refractivity contribution is 7.92. The van der Waals surface area contributed by atoms with Crippen molar-refractivity contribution in [1.29, 1.82) is 0 Å². The molecule has 2 bridgehead atoms. The van der Waals surface area contributed by atoms with Gasteiger partial charge in [-0.25, -0.2) is 13.2 Å². The van der Waals surface area contributed by atoms with Gasteiger partial charge in [0.25, 0.3) is 0 Å². The van der Waals surface area contributed by atoms with E-state index in [9.17, 15) is 22.0 Å². The lowest BCUT2D eigenvalue weighted by molar-refractivity contribution is -0.201. The number of carbonyl (C=O) groups excluding carboxylic acids is 1. The minimum absolute atomic E-state index is 0.176. The van der Waals surface area contributed by atoms with Gasteiger partial charge in [-0.3, -0.25) is 0 Å². The van der Waals surface area contributed by atoms with Crippen molar-refractivity contribution in [3.63, 3.8) is 0 Å². The molecule has 3 atom stereocenters. The second kappa shape index (κ2) is 3.36. The van der Waals surface area contributed by atoms with Gasteiger partial charge in [-0.05, 0) is 6.42 Å². The summed E-state index contributed by atoms with van der Waals surface area (Å²) in [5.41, 5.74) is -1.01. The Morgan fingerprint density at radius 3 is 2.50 bits per heavy atom. The summed E-state index contributed by atoms with van der Waals surface area (Å²) in [6, 6.07) is 0. The molecule has 8 heteroatoms. The number of esters is 1. The zero-order valence-electron chi connectivity index (χ0n) is 8.35. The number of alkyl halides is 2. The molecule has 0 radical (unpaired) electrons. The van der Waals surface area contributed by atoms with Crippen LogP contribution in [0, 0.1) is 5.92 Å². The van der Waals surface area contributed by atoms with Gasteiger partial charge in [0, 0.05) is 12.8 Å². The van der Waals surface area contributed by atoms with E-state index in [-0.39, 0.29) is 12.2 Å². The lowest BCUT2D eigenvalue weighted by atomic mass is 10.1. The molecule has 0 aromatic rings. The standard InChI is InChI=1S/C8H10F2O5S/c1-8(9,10)7(11)15-6-4-2-5(14-6)16(12,13)3-4/h4-6H,2-3H2,1H3. The minimum Gasteiger partial charge on any atom is -0.431 e. The second-order valence-electron chi connectivity index (χ2n) is 4.05. The van der Waals surface area contributed by atoms with Gasteiger partial charge in [0.1, 0.15) is 0 Å². The van der Waals surface area contributed by atoms with Gasteiger partial charge in [0.05, 0.1) is 5.75 Å². The van der Waals surface area contributed by atoms with Gasteiger partial charge in [-0.15, -0.1) is 0 Å². The summed E-state index contributed by atoms with van der Waals surface area (Å²) in [6.07, 6.45) is -0.956. The van der Waals surface area contributed by atoms with Crippen molar-refractivity contribution in [3.05, 3.63) is 0 Å². The van der Waals surface area contributed by atoms with Crippen LogP contribution in [0.4, 0.5) is 8.78 Å². The van der Waals surface area contributed by atoms with Gasteiger partial charge in [0.15, 0.2) is 15.3 Å². The third-order valence-corrected chi connectivity index (χ3v) is 4.59. The molecule has 16 heavy (non-hydrogen) atoms. The van der Waals surface area contributed by atoms with Crippen molar-refractivity contribution in [3.8, 4) is 0 Å². The first-order valence-electron chi connectivity index (χ1n) is 4.66. The maximum atomic E-state index is 12.5. The Bertz CT molecular complexity index is 413. The fraction of sp³-hybridized carbons (Fsp3) is 0.875. The summed E-state index contributed by atoms with van der Waals surface area (Å²) < 4.78 is 56.8. The van der Waals surface area contributed by atoms with Crippen LogP contribution in [0.5, 0.6) is 0 Å². The highest BCUT2D eigenvalue weighted by Gasteiger charge is 2.53. The fourth-order valence-electron chi connectivity index (χ4n) is 1.79. The van der Waals surface area contributed by atoms with Gasteiger partial charge in [-0.2, -0.15) is 8.78 Å². The summed E-state index contributed by atoms with van der Waals surface area (Å²) in [5.74, 6) is -5.99. The number of hydrogen-bond acceptors (Lipinski definition) is 5. The van der Waals surface area contributed by atoms with Crippen LogP contribution in [-0.2, 0) is 24.1 Å². The molecular formula is C8H10F2O5S. The highest BCUT2D eigenvalue weighted by atomic mass is 32.2. The maximum absolute atomic E-state index is 12.5. The molecule has 2 heterocycles. The van der Waals surface area contributed by atoms with Crippen LogP contribution in [0.2, 0.25) is 0 Å². The van der Waals surface area contributed by atoms with Crippen LogP contribution < -0.4 is 0 Å². The van der Waals surface area contributed by atoms with Crippen LogP contribution in [0.15, 0.2) is 0 Å². The van der Waals surface area contributed by atoms with Crippen LogP contribution in [0.3, 0.4) is 0 Å². The van der Waals surface area contributed by atoms with Crippen molar-refractivity contribution in [1.82, 2.24) is 0 Å². The van der Waals surface area contributed by atoms with Crippen LogP contribution in [0.25, 0.3) is 0 Å². The molecule has 2 saturated heterocycles. The predicted octanol–water partition coefficient (Wildman–Crippen LogP) is 0.302. The Hall–Kier alpha value is -0.760. The first kappa shape index (κ1) is 11.7. The quantitative estimate of drug-likeness (QED) is 0.665. The van der Waals surface area contributed by atoms with Gasteiger partial charge < -0.3 is 9.47 Å². The molecule has 2 fully saturated rings. The molecule has 0 aromatic carbocycles. The van der Waals surface area contributed by atoms with Gasteiger partial charge >= 0.3 is 11.9 Å². The Morgan fingerprint density at radius 2 is 2.12 bits per heavy atom. The molecule has 0 spiro atoms. The Labute approximate surface area is 90.6 Å². The Kier molecular flexibility index (Phi) is 2.46. The smallest absolute Gasteiger partial charge is 0.378 e. The molecule has 0 saturated carbocycles. The highest BCUT2D eigenvalue weighted by Crippen LogP contribution is 2.39. The molecule has 2 aliphatic heterocycles. The number of rotatable bonds is 2. The van der Waals surface area contributed by atoms with Gasteiger partial charge in [0.2, 0.25) is 6.29 Å². The molecule has 0 aliphatic carbocycles. The molecule has 0 aromatic heterocycles. The summed E-state index contributed by atoms with van der Waals surface area (Å²) in [5, 5.41) is 0. The van der Waals surface area contributed by atoms with Crippen molar-refractivity contribution >= 4 is 15.8 Å². The van der Waals surface area contributed by atoms with Crippen molar-refractivity contribution in [2.45, 2.75) is 31.0 Å². The third-order valence-electron chi connectivity index (χ3n) is 2.59. The van der Waals surface area contributed by atoms with E-state index in [2.05, 4.69) is 4.74 Å². The normalized spacial score (nSPS) is 36.3. The van der Waals surface area contributed by atoms with E-state index in [0.29, 0.717) is 6.92 Å². The first-order chi connectivity index (χ1) is 7.20. The molecular weight excluding hydrogens is 246 g/mol. The summed E-state index contributed by atoms with van der Waals surface area (Å²) in [7, 11) is -3.29. The van der Waals surface area contributed by atoms with E-state index in [0.717, 1.165) is 0 Å². The van der Waals surface area contributed by atoms with E-state index in [1.165, 1.54) is 0 Å². The van der Waals surface area contributed by atoms with E-state index in [4.69, 9.17) is 4.74 Å². The van der Waals surface area contributed by atoms with E-state index >= 15 is 0 Å². The van der Waals surface area contributed by atoms with Crippen molar-refractivity contribution in [2.75, 3.05) is 5.75 Å². The second-order valence-corrected chi connectivity index (χ2v) is 6.24. The number of ether oxygens (including phenoxy) is 2. The lowest BCUT2D eigenvalue weighted by Gasteiger charge is -2.23. The lowest BCUT2D eigenvalue weighted by Crippen LogP contribution is -2.38. The Morgan fingerprint density at radius 1 is 1.50 bits per heavy atom. The van der Waals surface area contributed by atoms with E-state index in [1.807, 2.05) is 0 Å². The zero-order valence-corrected chi connectivity index (χ0v) is 9.17. The third kappa shape index (κ3) is 1.91. The SMILES string of the molecule is CC(F)(F)C(=O)OC1OC2CC1CS2(=O)=O. The number of fused-ring (bicyclic) bond motifs is 2. The molecule has 2 aliphatic rings. The van der Waals surface area contributed by atoms with Crippen molar-refractivity contribution in [2.24, 2.45) is 5.92 Å². The van der Waals surface area contributed by atoms with Crippen LogP contribution in [-0.4, -0.2) is 37.8 Å². The van der Waals surface area contributed by atoms with E-state index < -0.39 is 39.4 Å². The maximum Gasteiger partial charge on any atom is 0.378 e. The zero-order chi connectivity index (χ0) is 12.1. The van der Waals surface area contributed by atoms with Crippen LogP contribution >= 0.6 is 0 Å². The summed E-state index contributed by atoms with van der Waals surface area (Å²) in [6.45, 7) is 0.416. The fourth-order valence-corrected chi connectivity index (χ4v) is 3.71. The average molecular weight is 256 g/mol. The predicted molar refractivity (Wildman–Crippen MR) is 47.3 cm³/mol. The number of sulfone groups is 1. The Balaban J connectivity index is 2.00. The van der Waals surface area contributed by atoms with Crippen LogP contribution in [0.1, 0.15) is 13.3 Å². The molecule has 0 amide bonds. The first-order valence-corrected chi connectivity index (χ1v) is 6.37. The van der Waals surface area contributed by atoms with E-state index in [1.54, 1.807) is 0 Å².